The normalized spacial score (nSPS) is 22.4. The lowest BCUT2D eigenvalue weighted by molar-refractivity contribution is 0.271. The molecule has 0 aromatic heterocycles. The molecule has 0 amide bonds. The van der Waals surface area contributed by atoms with Gasteiger partial charge in [-0.3, -0.25) is 0 Å². The van der Waals surface area contributed by atoms with Crippen molar-refractivity contribution in [2.75, 3.05) is 13.1 Å². The van der Waals surface area contributed by atoms with Crippen molar-refractivity contribution in [2.24, 2.45) is 0 Å². The molecule has 17 heavy (non-hydrogen) atoms. The lowest BCUT2D eigenvalue weighted by Gasteiger charge is -2.46. The van der Waals surface area contributed by atoms with Crippen molar-refractivity contribution in [1.82, 2.24) is 9.13 Å². The molecular weight excluding hydrogens is 240 g/mol. The molecular formula is C13H31N2Si2. The van der Waals surface area contributed by atoms with Gasteiger partial charge in [-0.2, -0.15) is 0 Å². The van der Waals surface area contributed by atoms with Crippen LogP contribution in [0.4, 0.5) is 0 Å². The van der Waals surface area contributed by atoms with E-state index in [4.69, 9.17) is 0 Å². The maximum atomic E-state index is 2.83. The van der Waals surface area contributed by atoms with Crippen LogP contribution >= 0.6 is 0 Å². The molecule has 1 heterocycles. The first-order valence-electron chi connectivity index (χ1n) is 6.78. The van der Waals surface area contributed by atoms with E-state index in [1.807, 2.05) is 0 Å². The fourth-order valence-corrected chi connectivity index (χ4v) is 14.0. The largest absolute Gasteiger partial charge is 0.308 e. The van der Waals surface area contributed by atoms with Gasteiger partial charge in [-0.1, -0.05) is 19.6 Å². The molecule has 2 nitrogen and oxygen atoms in total. The summed E-state index contributed by atoms with van der Waals surface area (Å²) < 4.78 is 5.66. The zero-order chi connectivity index (χ0) is 13.6. The first kappa shape index (κ1) is 15.4. The van der Waals surface area contributed by atoms with Crippen molar-refractivity contribution < 1.29 is 0 Å². The van der Waals surface area contributed by atoms with Crippen molar-refractivity contribution in [3.05, 3.63) is 0 Å². The highest BCUT2D eigenvalue weighted by Gasteiger charge is 2.50. The summed E-state index contributed by atoms with van der Waals surface area (Å²) in [6.45, 7) is 24.4. The smallest absolute Gasteiger partial charge is 0.212 e. The van der Waals surface area contributed by atoms with Gasteiger partial charge in [-0.05, 0) is 41.5 Å². The summed E-state index contributed by atoms with van der Waals surface area (Å²) in [6.07, 6.45) is 0. The van der Waals surface area contributed by atoms with Crippen molar-refractivity contribution in [3.8, 4) is 0 Å². The zero-order valence-electron chi connectivity index (χ0n) is 13.3. The summed E-state index contributed by atoms with van der Waals surface area (Å²) in [5, 5.41) is 0. The van der Waals surface area contributed by atoms with E-state index in [-0.39, 0.29) is 0 Å². The summed E-state index contributed by atoms with van der Waals surface area (Å²) >= 11 is 0. The molecule has 4 heteroatoms. The molecule has 0 unspecified atom stereocenters. The molecule has 1 aliphatic heterocycles. The number of hydrogen-bond acceptors (Lipinski definition) is 2. The maximum Gasteiger partial charge on any atom is 0.212 e. The van der Waals surface area contributed by atoms with Crippen molar-refractivity contribution in [3.63, 3.8) is 0 Å². The molecule has 1 radical (unpaired) electrons. The molecule has 0 aliphatic carbocycles. The van der Waals surface area contributed by atoms with Crippen molar-refractivity contribution in [2.45, 2.75) is 72.3 Å². The first-order chi connectivity index (χ1) is 7.35. The second kappa shape index (κ2) is 4.47. The standard InChI is InChI=1S/C13H31N2Si2/c1-12(2,3)14-10-11-15(13(4,5)6)16(14)17(7,8)9/h10-11H2,1-9H3. The molecule has 0 atom stereocenters. The molecule has 0 saturated carbocycles. The van der Waals surface area contributed by atoms with E-state index in [0.29, 0.717) is 11.1 Å². The third-order valence-electron chi connectivity index (χ3n) is 3.35. The average molecular weight is 272 g/mol. The highest BCUT2D eigenvalue weighted by Crippen LogP contribution is 2.31. The summed E-state index contributed by atoms with van der Waals surface area (Å²) in [5.41, 5.74) is 0.656. The third-order valence-corrected chi connectivity index (χ3v) is 13.1. The van der Waals surface area contributed by atoms with Gasteiger partial charge < -0.3 is 9.13 Å². The van der Waals surface area contributed by atoms with E-state index in [9.17, 15) is 0 Å². The van der Waals surface area contributed by atoms with Crippen LogP contribution in [0.5, 0.6) is 0 Å². The van der Waals surface area contributed by atoms with Crippen LogP contribution in [0.1, 0.15) is 41.5 Å². The van der Waals surface area contributed by atoms with E-state index in [1.165, 1.54) is 13.1 Å². The Kier molecular flexibility index (Phi) is 4.06. The molecule has 0 bridgehead atoms. The minimum atomic E-state index is -1.12. The number of rotatable bonds is 1. The van der Waals surface area contributed by atoms with Gasteiger partial charge in [0.05, 0.1) is 7.59 Å². The van der Waals surface area contributed by atoms with Gasteiger partial charge in [0.15, 0.2) is 0 Å². The fourth-order valence-electron chi connectivity index (χ4n) is 2.67. The fraction of sp³-hybridized carbons (Fsp3) is 1.00. The molecule has 1 saturated heterocycles. The van der Waals surface area contributed by atoms with Crippen LogP contribution in [0.25, 0.3) is 0 Å². The lowest BCUT2D eigenvalue weighted by Crippen LogP contribution is -2.67. The summed E-state index contributed by atoms with van der Waals surface area (Å²) in [6, 6.07) is 0. The average Bonchev–Trinajstić information content (AvgIpc) is 2.42. The van der Waals surface area contributed by atoms with Gasteiger partial charge >= 0.3 is 0 Å². The number of nitrogens with zero attached hydrogens (tertiary/aromatic N) is 2. The van der Waals surface area contributed by atoms with Gasteiger partial charge in [-0.15, -0.1) is 0 Å². The molecule has 0 aromatic carbocycles. The minimum Gasteiger partial charge on any atom is -0.308 e. The Bertz CT molecular complexity index is 249. The van der Waals surface area contributed by atoms with Crippen LogP contribution in [0, 0.1) is 0 Å². The highest BCUT2D eigenvalue weighted by molar-refractivity contribution is 7.29. The van der Waals surface area contributed by atoms with E-state index >= 15 is 0 Å². The molecule has 1 fully saturated rings. The minimum absolute atomic E-state index is 0.328. The molecule has 0 N–H and O–H groups in total. The van der Waals surface area contributed by atoms with E-state index in [2.05, 4.69) is 70.3 Å². The van der Waals surface area contributed by atoms with Crippen LogP contribution in [-0.2, 0) is 0 Å². The molecule has 101 valence electrons. The predicted molar refractivity (Wildman–Crippen MR) is 82.0 cm³/mol. The van der Waals surface area contributed by atoms with Crippen LogP contribution in [0.2, 0.25) is 19.6 Å². The Balaban J connectivity index is 3.08. The Labute approximate surface area is 111 Å². The highest BCUT2D eigenvalue weighted by atomic mass is 29.2. The van der Waals surface area contributed by atoms with Gasteiger partial charge in [0.1, 0.15) is 0 Å². The van der Waals surface area contributed by atoms with Crippen LogP contribution in [0.15, 0.2) is 0 Å². The van der Waals surface area contributed by atoms with Crippen LogP contribution in [0.3, 0.4) is 0 Å². The summed E-state index contributed by atoms with van der Waals surface area (Å²) in [5.74, 6) is 0. The lowest BCUT2D eigenvalue weighted by atomic mass is 10.1. The Morgan fingerprint density at radius 1 is 0.765 bits per heavy atom. The molecule has 0 spiro atoms. The molecule has 0 aromatic rings. The summed E-state index contributed by atoms with van der Waals surface area (Å²) in [7, 11) is -1.63. The Morgan fingerprint density at radius 2 is 1.06 bits per heavy atom. The SMILES string of the molecule is CC(C)(C)N1CCN(C(C)(C)C)[Si]1[Si](C)(C)C. The van der Waals surface area contributed by atoms with Gasteiger partial charge in [0.2, 0.25) is 8.64 Å². The summed E-state index contributed by atoms with van der Waals surface area (Å²) in [4.78, 5) is 0. The van der Waals surface area contributed by atoms with Gasteiger partial charge in [-0.25, -0.2) is 0 Å². The molecule has 1 aliphatic rings. The van der Waals surface area contributed by atoms with E-state index < -0.39 is 16.2 Å². The van der Waals surface area contributed by atoms with Crippen molar-refractivity contribution >= 4 is 16.2 Å². The van der Waals surface area contributed by atoms with Gasteiger partial charge in [0.25, 0.3) is 0 Å². The Hall–Kier alpha value is 0.354. The van der Waals surface area contributed by atoms with Crippen molar-refractivity contribution in [1.29, 1.82) is 0 Å². The second-order valence-corrected chi connectivity index (χ2v) is 20.3. The third kappa shape index (κ3) is 3.43. The quantitative estimate of drug-likeness (QED) is 0.676. The monoisotopic (exact) mass is 271 g/mol. The van der Waals surface area contributed by atoms with Crippen LogP contribution in [-0.4, -0.2) is 49.5 Å². The molecule has 1 rings (SSSR count). The van der Waals surface area contributed by atoms with E-state index in [1.54, 1.807) is 0 Å². The maximum absolute atomic E-state index is 2.83. The topological polar surface area (TPSA) is 6.48 Å². The van der Waals surface area contributed by atoms with Crippen LogP contribution < -0.4 is 0 Å². The second-order valence-electron chi connectivity index (χ2n) is 8.22. The van der Waals surface area contributed by atoms with Gasteiger partial charge in [0, 0.05) is 24.2 Å². The predicted octanol–water partition coefficient (Wildman–Crippen LogP) is 3.11. The Morgan fingerprint density at radius 3 is 1.24 bits per heavy atom. The number of hydrogen-bond donors (Lipinski definition) is 0. The van der Waals surface area contributed by atoms with E-state index in [0.717, 1.165) is 0 Å². The zero-order valence-corrected chi connectivity index (χ0v) is 15.3. The first-order valence-corrected chi connectivity index (χ1v) is 12.7.